The summed E-state index contributed by atoms with van der Waals surface area (Å²) in [5.41, 5.74) is 1.39. The molecule has 1 aliphatic rings. The number of aromatic nitrogens is 3. The highest BCUT2D eigenvalue weighted by Crippen LogP contribution is 2.48. The molecule has 1 fully saturated rings. The van der Waals surface area contributed by atoms with E-state index in [1.54, 1.807) is 23.9 Å². The van der Waals surface area contributed by atoms with Crippen molar-refractivity contribution in [2.24, 2.45) is 5.92 Å². The average Bonchev–Trinajstić information content (AvgIpc) is 3.37. The van der Waals surface area contributed by atoms with Crippen LogP contribution in [0.3, 0.4) is 0 Å². The lowest BCUT2D eigenvalue weighted by Gasteiger charge is -2.17. The Bertz CT molecular complexity index is 960. The number of hydrogen-bond acceptors (Lipinski definition) is 4. The van der Waals surface area contributed by atoms with Gasteiger partial charge in [-0.05, 0) is 54.5 Å². The van der Waals surface area contributed by atoms with Crippen LogP contribution in [-0.2, 0) is 4.79 Å². The Hall–Kier alpha value is -2.41. The molecule has 3 atom stereocenters. The van der Waals surface area contributed by atoms with Gasteiger partial charge in [-0.25, -0.2) is 4.39 Å². The summed E-state index contributed by atoms with van der Waals surface area (Å²) >= 11 is 1.72. The maximum absolute atomic E-state index is 14.0. The van der Waals surface area contributed by atoms with Crippen molar-refractivity contribution in [3.63, 3.8) is 0 Å². The minimum Gasteiger partial charge on any atom is -0.346 e. The summed E-state index contributed by atoms with van der Waals surface area (Å²) in [4.78, 5) is 12.8. The Kier molecular flexibility index (Phi) is 5.11. The minimum atomic E-state index is -0.236. The molecule has 2 heterocycles. The molecule has 0 aliphatic heterocycles. The first-order valence-electron chi connectivity index (χ1n) is 9.02. The molecule has 0 radical (unpaired) electrons. The van der Waals surface area contributed by atoms with Crippen molar-refractivity contribution in [2.45, 2.75) is 24.8 Å². The van der Waals surface area contributed by atoms with Gasteiger partial charge in [-0.2, -0.15) is 11.8 Å². The third kappa shape index (κ3) is 3.69. The van der Waals surface area contributed by atoms with Gasteiger partial charge in [-0.15, -0.1) is 10.2 Å². The van der Waals surface area contributed by atoms with Crippen LogP contribution in [0.1, 0.15) is 36.2 Å². The van der Waals surface area contributed by atoms with Crippen molar-refractivity contribution >= 4 is 23.3 Å². The average molecular weight is 384 g/mol. The maximum Gasteiger partial charge on any atom is 0.224 e. The highest BCUT2D eigenvalue weighted by atomic mass is 32.2. The third-order valence-corrected chi connectivity index (χ3v) is 5.65. The van der Waals surface area contributed by atoms with Gasteiger partial charge in [-0.3, -0.25) is 9.20 Å². The molecule has 0 saturated heterocycles. The van der Waals surface area contributed by atoms with Crippen molar-refractivity contribution in [1.82, 2.24) is 19.9 Å². The maximum atomic E-state index is 14.0. The van der Waals surface area contributed by atoms with Gasteiger partial charge in [-0.1, -0.05) is 24.3 Å². The van der Waals surface area contributed by atoms with E-state index in [9.17, 15) is 9.18 Å². The predicted molar refractivity (Wildman–Crippen MR) is 104 cm³/mol. The molecule has 27 heavy (non-hydrogen) atoms. The van der Waals surface area contributed by atoms with Crippen molar-refractivity contribution in [2.75, 3.05) is 12.0 Å². The summed E-state index contributed by atoms with van der Waals surface area (Å²) < 4.78 is 15.9. The summed E-state index contributed by atoms with van der Waals surface area (Å²) in [6.07, 6.45) is 5.39. The van der Waals surface area contributed by atoms with E-state index in [1.807, 2.05) is 41.1 Å². The third-order valence-electron chi connectivity index (χ3n) is 5.01. The van der Waals surface area contributed by atoms with E-state index in [1.165, 1.54) is 6.07 Å². The lowest BCUT2D eigenvalue weighted by atomic mass is 10.1. The number of carbonyl (C=O) groups is 1. The van der Waals surface area contributed by atoms with E-state index in [0.717, 1.165) is 23.6 Å². The summed E-state index contributed by atoms with van der Waals surface area (Å²) in [6.45, 7) is 0. The molecular formula is C20H21FN4OS. The van der Waals surface area contributed by atoms with Crippen LogP contribution in [0.25, 0.3) is 5.65 Å². The van der Waals surface area contributed by atoms with Crippen LogP contribution in [0, 0.1) is 11.7 Å². The van der Waals surface area contributed by atoms with Crippen molar-refractivity contribution in [3.8, 4) is 0 Å². The molecule has 7 heteroatoms. The summed E-state index contributed by atoms with van der Waals surface area (Å²) in [6, 6.07) is 12.2. The van der Waals surface area contributed by atoms with Gasteiger partial charge in [0.1, 0.15) is 5.82 Å². The second-order valence-corrected chi connectivity index (χ2v) is 7.79. The normalized spacial score (nSPS) is 19.8. The van der Waals surface area contributed by atoms with E-state index < -0.39 is 0 Å². The largest absolute Gasteiger partial charge is 0.346 e. The first-order chi connectivity index (χ1) is 13.2. The number of amides is 1. The smallest absolute Gasteiger partial charge is 0.224 e. The zero-order valence-corrected chi connectivity index (χ0v) is 15.8. The van der Waals surface area contributed by atoms with Crippen LogP contribution in [-0.4, -0.2) is 32.5 Å². The first kappa shape index (κ1) is 18.0. The molecule has 1 aliphatic carbocycles. The molecular weight excluding hydrogens is 363 g/mol. The molecule has 1 saturated carbocycles. The number of rotatable bonds is 7. The number of hydrogen-bond donors (Lipinski definition) is 1. The van der Waals surface area contributed by atoms with Crippen LogP contribution < -0.4 is 5.32 Å². The van der Waals surface area contributed by atoms with Gasteiger partial charge >= 0.3 is 0 Å². The molecule has 4 rings (SSSR count). The van der Waals surface area contributed by atoms with Gasteiger partial charge in [0, 0.05) is 12.1 Å². The number of nitrogens with one attached hydrogen (secondary N) is 1. The number of benzene rings is 1. The van der Waals surface area contributed by atoms with E-state index in [-0.39, 0.29) is 29.6 Å². The second-order valence-electron chi connectivity index (χ2n) is 6.80. The van der Waals surface area contributed by atoms with Crippen LogP contribution >= 0.6 is 11.8 Å². The molecule has 3 aromatic rings. The second kappa shape index (κ2) is 7.68. The summed E-state index contributed by atoms with van der Waals surface area (Å²) in [5, 5.41) is 11.6. The highest BCUT2D eigenvalue weighted by molar-refractivity contribution is 7.98. The zero-order chi connectivity index (χ0) is 18.8. The molecule has 1 aromatic carbocycles. The Balaban J connectivity index is 1.51. The Morgan fingerprint density at radius 3 is 2.93 bits per heavy atom. The quantitative estimate of drug-likeness (QED) is 0.676. The van der Waals surface area contributed by atoms with Gasteiger partial charge in [0.15, 0.2) is 11.5 Å². The van der Waals surface area contributed by atoms with Crippen molar-refractivity contribution in [3.05, 3.63) is 65.9 Å². The van der Waals surface area contributed by atoms with Crippen LogP contribution in [0.5, 0.6) is 0 Å². The van der Waals surface area contributed by atoms with Crippen molar-refractivity contribution < 1.29 is 9.18 Å². The van der Waals surface area contributed by atoms with Crippen LogP contribution in [0.2, 0.25) is 0 Å². The number of thioether (sulfide) groups is 1. The SMILES string of the molecule is CSCCC(NC(=O)C1CC1c1ccccc1F)c1nnc2ccccn12. The van der Waals surface area contributed by atoms with E-state index >= 15 is 0 Å². The highest BCUT2D eigenvalue weighted by Gasteiger charge is 2.45. The van der Waals surface area contributed by atoms with Gasteiger partial charge in [0.25, 0.3) is 0 Å². The van der Waals surface area contributed by atoms with E-state index in [0.29, 0.717) is 12.0 Å². The number of nitrogens with zero attached hydrogens (tertiary/aromatic N) is 3. The fourth-order valence-electron chi connectivity index (χ4n) is 3.48. The van der Waals surface area contributed by atoms with Crippen LogP contribution in [0.15, 0.2) is 48.7 Å². The lowest BCUT2D eigenvalue weighted by Crippen LogP contribution is -2.32. The molecule has 3 unspecified atom stereocenters. The molecule has 1 N–H and O–H groups in total. The number of carbonyl (C=O) groups excluding carboxylic acids is 1. The number of pyridine rings is 1. The standard InChI is InChI=1S/C20H21FN4OS/c1-27-11-9-17(19-24-23-18-8-4-5-10-25(18)19)22-20(26)15-12-14(15)13-6-2-3-7-16(13)21/h2-8,10,14-15,17H,9,11-12H2,1H3,(H,22,26). The zero-order valence-electron chi connectivity index (χ0n) is 15.0. The number of fused-ring (bicyclic) bond motifs is 1. The Morgan fingerprint density at radius 1 is 1.30 bits per heavy atom. The fourth-order valence-corrected chi connectivity index (χ4v) is 3.95. The monoisotopic (exact) mass is 384 g/mol. The van der Waals surface area contributed by atoms with Gasteiger partial charge in [0.05, 0.1) is 6.04 Å². The minimum absolute atomic E-state index is 0.0393. The van der Waals surface area contributed by atoms with E-state index in [2.05, 4.69) is 15.5 Å². The Labute approximate surface area is 161 Å². The molecule has 0 spiro atoms. The molecule has 1 amide bonds. The molecule has 140 valence electrons. The van der Waals surface area contributed by atoms with Crippen molar-refractivity contribution in [1.29, 1.82) is 0 Å². The first-order valence-corrected chi connectivity index (χ1v) is 10.4. The molecule has 0 bridgehead atoms. The van der Waals surface area contributed by atoms with E-state index in [4.69, 9.17) is 0 Å². The Morgan fingerprint density at radius 2 is 2.11 bits per heavy atom. The lowest BCUT2D eigenvalue weighted by molar-refractivity contribution is -0.123. The topological polar surface area (TPSA) is 59.3 Å². The molecule has 2 aromatic heterocycles. The van der Waals surface area contributed by atoms with Gasteiger partial charge in [0.2, 0.25) is 5.91 Å². The summed E-state index contributed by atoms with van der Waals surface area (Å²) in [7, 11) is 0. The number of halogens is 1. The fraction of sp³-hybridized carbons (Fsp3) is 0.350. The summed E-state index contributed by atoms with van der Waals surface area (Å²) in [5.74, 6) is 1.13. The van der Waals surface area contributed by atoms with Gasteiger partial charge < -0.3 is 5.32 Å². The predicted octanol–water partition coefficient (Wildman–Crippen LogP) is 3.58. The molecule has 5 nitrogen and oxygen atoms in total. The van der Waals surface area contributed by atoms with Crippen LogP contribution in [0.4, 0.5) is 4.39 Å².